The molecule has 0 unspecified atom stereocenters. The van der Waals surface area contributed by atoms with Crippen LogP contribution >= 0.6 is 23.8 Å². The van der Waals surface area contributed by atoms with Gasteiger partial charge in [-0.15, -0.1) is 0 Å². The minimum Gasteiger partial charge on any atom is -0.359 e. The van der Waals surface area contributed by atoms with Crippen LogP contribution in [0.3, 0.4) is 0 Å². The number of halogens is 1. The smallest absolute Gasteiger partial charge is 0.242 e. The van der Waals surface area contributed by atoms with Crippen LogP contribution < -0.4 is 16.2 Å². The van der Waals surface area contributed by atoms with Crippen molar-refractivity contribution in [3.8, 4) is 0 Å². The van der Waals surface area contributed by atoms with E-state index in [0.29, 0.717) is 16.2 Å². The summed E-state index contributed by atoms with van der Waals surface area (Å²) in [6.45, 7) is 0. The quantitative estimate of drug-likeness (QED) is 0.592. The molecule has 1 aromatic carbocycles. The highest BCUT2D eigenvalue weighted by atomic mass is 35.5. The molecule has 0 aromatic heterocycles. The Morgan fingerprint density at radius 1 is 1.20 bits per heavy atom. The van der Waals surface area contributed by atoms with Crippen molar-refractivity contribution < 1.29 is 4.79 Å². The van der Waals surface area contributed by atoms with Crippen LogP contribution in [0.4, 0.5) is 0 Å². The number of amides is 1. The van der Waals surface area contributed by atoms with Crippen LogP contribution in [0.1, 0.15) is 31.2 Å². The van der Waals surface area contributed by atoms with Gasteiger partial charge in [0, 0.05) is 11.1 Å². The maximum absolute atomic E-state index is 11.7. The molecule has 0 heterocycles. The Kier molecular flexibility index (Phi) is 5.61. The van der Waals surface area contributed by atoms with E-state index < -0.39 is 0 Å². The number of carbonyl (C=O) groups excluding carboxylic acids is 1. The maximum Gasteiger partial charge on any atom is 0.242 e. The fourth-order valence-electron chi connectivity index (χ4n) is 2.25. The fraction of sp³-hybridized carbons (Fsp3) is 0.429. The van der Waals surface area contributed by atoms with Gasteiger partial charge in [0.2, 0.25) is 5.91 Å². The van der Waals surface area contributed by atoms with Crippen molar-refractivity contribution in [2.45, 2.75) is 38.1 Å². The van der Waals surface area contributed by atoms with Crippen LogP contribution in [0.15, 0.2) is 24.3 Å². The average Bonchev–Trinajstić information content (AvgIpc) is 2.92. The Labute approximate surface area is 129 Å². The van der Waals surface area contributed by atoms with Crippen molar-refractivity contribution in [1.82, 2.24) is 16.2 Å². The highest BCUT2D eigenvalue weighted by Crippen LogP contribution is 2.17. The molecule has 0 spiro atoms. The molecule has 1 fully saturated rings. The first kappa shape index (κ1) is 15.1. The molecule has 1 amide bonds. The number of benzene rings is 1. The molecule has 4 nitrogen and oxygen atoms in total. The first-order valence-corrected chi connectivity index (χ1v) is 7.52. The average molecular weight is 312 g/mol. The minimum atomic E-state index is -0.136. The third kappa shape index (κ3) is 4.98. The summed E-state index contributed by atoms with van der Waals surface area (Å²) in [6, 6.07) is 7.63. The van der Waals surface area contributed by atoms with Gasteiger partial charge < -0.3 is 5.32 Å². The summed E-state index contributed by atoms with van der Waals surface area (Å²) in [5, 5.41) is 4.33. The molecular weight excluding hydrogens is 294 g/mol. The highest BCUT2D eigenvalue weighted by molar-refractivity contribution is 7.80. The van der Waals surface area contributed by atoms with Crippen LogP contribution in [0.25, 0.3) is 0 Å². The zero-order chi connectivity index (χ0) is 14.4. The second-order valence-corrected chi connectivity index (χ2v) is 5.78. The number of hydrogen-bond donors (Lipinski definition) is 3. The summed E-state index contributed by atoms with van der Waals surface area (Å²) in [6.07, 6.45) is 5.05. The van der Waals surface area contributed by atoms with Gasteiger partial charge in [0.05, 0.1) is 6.42 Å². The van der Waals surface area contributed by atoms with Crippen molar-refractivity contribution in [3.63, 3.8) is 0 Å². The molecule has 6 heteroatoms. The molecule has 20 heavy (non-hydrogen) atoms. The van der Waals surface area contributed by atoms with Crippen LogP contribution in [0.5, 0.6) is 0 Å². The number of carbonyl (C=O) groups is 1. The highest BCUT2D eigenvalue weighted by Gasteiger charge is 2.15. The van der Waals surface area contributed by atoms with E-state index in [4.69, 9.17) is 23.8 Å². The summed E-state index contributed by atoms with van der Waals surface area (Å²) < 4.78 is 0. The van der Waals surface area contributed by atoms with Gasteiger partial charge in [-0.3, -0.25) is 15.6 Å². The summed E-state index contributed by atoms with van der Waals surface area (Å²) in [7, 11) is 0. The van der Waals surface area contributed by atoms with E-state index in [1.165, 1.54) is 12.8 Å². The standard InChI is InChI=1S/C14H18ClN3OS/c15-11-7-5-10(6-8-11)9-13(19)17-18-14(20)16-12-3-1-2-4-12/h5-8,12H,1-4,9H2,(H,17,19)(H2,16,18,20). The number of hydrazine groups is 1. The van der Waals surface area contributed by atoms with Gasteiger partial charge in [0.15, 0.2) is 5.11 Å². The molecular formula is C14H18ClN3OS. The molecule has 1 aliphatic rings. The number of rotatable bonds is 3. The first-order chi connectivity index (χ1) is 9.63. The predicted octanol–water partition coefficient (Wildman–Crippen LogP) is 2.32. The van der Waals surface area contributed by atoms with Crippen molar-refractivity contribution in [2.75, 3.05) is 0 Å². The summed E-state index contributed by atoms with van der Waals surface area (Å²) in [4.78, 5) is 11.7. The monoisotopic (exact) mass is 311 g/mol. The van der Waals surface area contributed by atoms with Gasteiger partial charge >= 0.3 is 0 Å². The fourth-order valence-corrected chi connectivity index (χ4v) is 2.59. The molecule has 1 aromatic rings. The van der Waals surface area contributed by atoms with Crippen molar-refractivity contribution in [1.29, 1.82) is 0 Å². The van der Waals surface area contributed by atoms with Gasteiger partial charge in [-0.05, 0) is 42.8 Å². The SMILES string of the molecule is O=C(Cc1ccc(Cl)cc1)NNC(=S)NC1CCCC1. The lowest BCUT2D eigenvalue weighted by molar-refractivity contribution is -0.121. The molecule has 0 aliphatic heterocycles. The molecule has 0 atom stereocenters. The van der Waals surface area contributed by atoms with Crippen LogP contribution in [-0.4, -0.2) is 17.1 Å². The zero-order valence-electron chi connectivity index (χ0n) is 11.1. The van der Waals surface area contributed by atoms with Crippen LogP contribution in [-0.2, 0) is 11.2 Å². The maximum atomic E-state index is 11.7. The summed E-state index contributed by atoms with van der Waals surface area (Å²) in [5.74, 6) is -0.136. The molecule has 0 saturated heterocycles. The third-order valence-corrected chi connectivity index (χ3v) is 3.76. The Bertz CT molecular complexity index is 472. The lowest BCUT2D eigenvalue weighted by Crippen LogP contribution is -2.49. The third-order valence-electron chi connectivity index (χ3n) is 3.28. The van der Waals surface area contributed by atoms with Crippen molar-refractivity contribution >= 4 is 34.8 Å². The van der Waals surface area contributed by atoms with E-state index in [9.17, 15) is 4.79 Å². The molecule has 3 N–H and O–H groups in total. The molecule has 2 rings (SSSR count). The molecule has 0 radical (unpaired) electrons. The normalized spacial score (nSPS) is 14.8. The van der Waals surface area contributed by atoms with E-state index in [-0.39, 0.29) is 12.3 Å². The van der Waals surface area contributed by atoms with E-state index in [1.54, 1.807) is 12.1 Å². The van der Waals surface area contributed by atoms with Gasteiger partial charge in [0.1, 0.15) is 0 Å². The van der Waals surface area contributed by atoms with Crippen molar-refractivity contribution in [2.24, 2.45) is 0 Å². The van der Waals surface area contributed by atoms with Crippen molar-refractivity contribution in [3.05, 3.63) is 34.9 Å². The molecule has 1 saturated carbocycles. The molecule has 1 aliphatic carbocycles. The summed E-state index contributed by atoms with van der Waals surface area (Å²) in [5.41, 5.74) is 6.24. The Morgan fingerprint density at radius 3 is 2.50 bits per heavy atom. The van der Waals surface area contributed by atoms with Crippen LogP contribution in [0.2, 0.25) is 5.02 Å². The second kappa shape index (κ2) is 7.45. The topological polar surface area (TPSA) is 53.2 Å². The van der Waals surface area contributed by atoms with Gasteiger partial charge in [0.25, 0.3) is 0 Å². The Morgan fingerprint density at radius 2 is 1.85 bits per heavy atom. The van der Waals surface area contributed by atoms with E-state index in [2.05, 4.69) is 16.2 Å². The largest absolute Gasteiger partial charge is 0.359 e. The van der Waals surface area contributed by atoms with Crippen LogP contribution in [0, 0.1) is 0 Å². The number of thiocarbonyl (C=S) groups is 1. The zero-order valence-corrected chi connectivity index (χ0v) is 12.7. The predicted molar refractivity (Wildman–Crippen MR) is 84.4 cm³/mol. The Hall–Kier alpha value is -1.33. The van der Waals surface area contributed by atoms with E-state index in [1.807, 2.05) is 12.1 Å². The Balaban J connectivity index is 1.69. The summed E-state index contributed by atoms with van der Waals surface area (Å²) >= 11 is 10.9. The van der Waals surface area contributed by atoms with Gasteiger partial charge in [-0.1, -0.05) is 36.6 Å². The minimum absolute atomic E-state index is 0.136. The number of hydrogen-bond acceptors (Lipinski definition) is 2. The molecule has 108 valence electrons. The molecule has 0 bridgehead atoms. The lowest BCUT2D eigenvalue weighted by Gasteiger charge is -2.16. The second-order valence-electron chi connectivity index (χ2n) is 4.93. The van der Waals surface area contributed by atoms with Gasteiger partial charge in [-0.25, -0.2) is 0 Å². The number of nitrogens with one attached hydrogen (secondary N) is 3. The van der Waals surface area contributed by atoms with E-state index >= 15 is 0 Å². The first-order valence-electron chi connectivity index (χ1n) is 6.73. The lowest BCUT2D eigenvalue weighted by atomic mass is 10.1. The van der Waals surface area contributed by atoms with E-state index in [0.717, 1.165) is 18.4 Å². The van der Waals surface area contributed by atoms with Gasteiger partial charge in [-0.2, -0.15) is 0 Å².